The van der Waals surface area contributed by atoms with E-state index in [0.29, 0.717) is 0 Å². The monoisotopic (exact) mass is 464 g/mol. The molecule has 0 aromatic carbocycles. The lowest BCUT2D eigenvalue weighted by molar-refractivity contribution is -0.207. The summed E-state index contributed by atoms with van der Waals surface area (Å²) in [5.41, 5.74) is 0. The van der Waals surface area contributed by atoms with Crippen molar-refractivity contribution in [1.29, 1.82) is 0 Å². The standard InChI is InChI=1S/C16H32O15/c1-2-31-15(13(27)14(28)16(29)30)12(26)11(25)10(24)9(23)8(22)7(21)6(20)5(19)4(18)3-17/h4-15,17-28H,2-3H2,1H3,(H,29,30). The highest BCUT2D eigenvalue weighted by atomic mass is 16.5. The van der Waals surface area contributed by atoms with Crippen LogP contribution in [0.4, 0.5) is 0 Å². The molecule has 15 nitrogen and oxygen atoms in total. The van der Waals surface area contributed by atoms with Crippen molar-refractivity contribution in [1.82, 2.24) is 0 Å². The summed E-state index contributed by atoms with van der Waals surface area (Å²) in [5, 5.41) is 125. The molecule has 12 unspecified atom stereocenters. The Morgan fingerprint density at radius 1 is 0.645 bits per heavy atom. The predicted octanol–water partition coefficient (Wildman–Crippen LogP) is -7.56. The lowest BCUT2D eigenvalue weighted by Gasteiger charge is -2.36. The van der Waals surface area contributed by atoms with Gasteiger partial charge < -0.3 is 71.1 Å². The van der Waals surface area contributed by atoms with Crippen LogP contribution in [-0.4, -0.2) is 159 Å². The van der Waals surface area contributed by atoms with Crippen LogP contribution >= 0.6 is 0 Å². The molecule has 31 heavy (non-hydrogen) atoms. The highest BCUT2D eigenvalue weighted by Gasteiger charge is 2.45. The van der Waals surface area contributed by atoms with Gasteiger partial charge >= 0.3 is 5.97 Å². The van der Waals surface area contributed by atoms with Gasteiger partial charge in [0.15, 0.2) is 6.10 Å². The van der Waals surface area contributed by atoms with Crippen LogP contribution in [0.5, 0.6) is 0 Å². The summed E-state index contributed by atoms with van der Waals surface area (Å²) in [7, 11) is 0. The van der Waals surface area contributed by atoms with Gasteiger partial charge in [0.1, 0.15) is 67.1 Å². The van der Waals surface area contributed by atoms with Crippen molar-refractivity contribution in [2.24, 2.45) is 0 Å². The Morgan fingerprint density at radius 3 is 1.32 bits per heavy atom. The van der Waals surface area contributed by atoms with Gasteiger partial charge in [0, 0.05) is 6.61 Å². The Kier molecular flexibility index (Phi) is 13.0. The van der Waals surface area contributed by atoms with E-state index in [-0.39, 0.29) is 6.61 Å². The average molecular weight is 464 g/mol. The number of carbonyl (C=O) groups is 1. The number of aliphatic hydroxyl groups excluding tert-OH is 12. The van der Waals surface area contributed by atoms with Gasteiger partial charge in [-0.3, -0.25) is 0 Å². The van der Waals surface area contributed by atoms with E-state index in [4.69, 9.17) is 14.9 Å². The second-order valence-corrected chi connectivity index (χ2v) is 6.87. The first kappa shape index (κ1) is 29.9. The third-order valence-electron chi connectivity index (χ3n) is 4.64. The fraction of sp³-hybridized carbons (Fsp3) is 0.938. The van der Waals surface area contributed by atoms with Crippen molar-refractivity contribution in [2.45, 2.75) is 80.2 Å². The minimum absolute atomic E-state index is 0.255. The Balaban J connectivity index is 5.38. The molecular weight excluding hydrogens is 432 g/mol. The minimum atomic E-state index is -2.50. The van der Waals surface area contributed by atoms with Crippen molar-refractivity contribution < 1.29 is 75.9 Å². The Labute approximate surface area is 176 Å². The van der Waals surface area contributed by atoms with E-state index in [1.165, 1.54) is 6.92 Å². The van der Waals surface area contributed by atoms with Crippen molar-refractivity contribution in [3.63, 3.8) is 0 Å². The van der Waals surface area contributed by atoms with Gasteiger partial charge in [-0.05, 0) is 6.92 Å². The Bertz CT molecular complexity index is 521. The molecule has 0 radical (unpaired) electrons. The zero-order chi connectivity index (χ0) is 24.6. The highest BCUT2D eigenvalue weighted by Crippen LogP contribution is 2.19. The van der Waals surface area contributed by atoms with Crippen LogP contribution in [-0.2, 0) is 9.53 Å². The molecule has 0 aliphatic heterocycles. The van der Waals surface area contributed by atoms with Crippen LogP contribution < -0.4 is 0 Å². The first-order valence-electron chi connectivity index (χ1n) is 9.18. The quantitative estimate of drug-likeness (QED) is 0.107. The second-order valence-electron chi connectivity index (χ2n) is 6.87. The maximum absolute atomic E-state index is 10.8. The molecule has 0 fully saturated rings. The van der Waals surface area contributed by atoms with E-state index < -0.39 is 85.8 Å². The van der Waals surface area contributed by atoms with Gasteiger partial charge in [-0.25, -0.2) is 4.79 Å². The molecule has 0 amide bonds. The lowest BCUT2D eigenvalue weighted by atomic mass is 9.89. The van der Waals surface area contributed by atoms with E-state index in [0.717, 1.165) is 0 Å². The van der Waals surface area contributed by atoms with Crippen molar-refractivity contribution in [2.75, 3.05) is 13.2 Å². The summed E-state index contributed by atoms with van der Waals surface area (Å²) in [5.74, 6) is -1.89. The van der Waals surface area contributed by atoms with Crippen molar-refractivity contribution >= 4 is 5.97 Å². The second kappa shape index (κ2) is 13.5. The number of hydrogen-bond donors (Lipinski definition) is 13. The molecule has 0 bridgehead atoms. The number of aliphatic hydroxyl groups is 12. The topological polar surface area (TPSA) is 289 Å². The molecule has 12 atom stereocenters. The number of hydrogen-bond acceptors (Lipinski definition) is 14. The molecule has 0 aliphatic rings. The molecule has 0 rings (SSSR count). The van der Waals surface area contributed by atoms with Crippen LogP contribution in [0.1, 0.15) is 6.92 Å². The SMILES string of the molecule is CCOC(C(O)C(O)C(=O)O)C(O)C(O)C(O)C(O)C(O)C(O)C(O)C(O)C(O)CO. The van der Waals surface area contributed by atoms with Crippen LogP contribution in [0.3, 0.4) is 0 Å². The van der Waals surface area contributed by atoms with E-state index in [1.54, 1.807) is 0 Å². The number of carboxylic acids is 1. The van der Waals surface area contributed by atoms with Crippen LogP contribution in [0, 0.1) is 0 Å². The molecular formula is C16H32O15. The minimum Gasteiger partial charge on any atom is -0.479 e. The zero-order valence-electron chi connectivity index (χ0n) is 16.5. The molecule has 0 aliphatic carbocycles. The van der Waals surface area contributed by atoms with Gasteiger partial charge in [0.05, 0.1) is 6.61 Å². The Morgan fingerprint density at radius 2 is 1.00 bits per heavy atom. The van der Waals surface area contributed by atoms with E-state index in [1.807, 2.05) is 0 Å². The summed E-state index contributed by atoms with van der Waals surface area (Å²) in [4.78, 5) is 10.8. The van der Waals surface area contributed by atoms with Crippen molar-refractivity contribution in [3.8, 4) is 0 Å². The summed E-state index contributed by atoms with van der Waals surface area (Å²) < 4.78 is 4.89. The molecule has 0 aromatic rings. The number of carboxylic acid groups (broad SMARTS) is 1. The summed E-state index contributed by atoms with van der Waals surface area (Å²) >= 11 is 0. The maximum Gasteiger partial charge on any atom is 0.335 e. The van der Waals surface area contributed by atoms with E-state index in [2.05, 4.69) is 0 Å². The van der Waals surface area contributed by atoms with Gasteiger partial charge in [-0.1, -0.05) is 0 Å². The van der Waals surface area contributed by atoms with E-state index in [9.17, 15) is 61.0 Å². The summed E-state index contributed by atoms with van der Waals surface area (Å²) in [6.45, 7) is 0.0699. The van der Waals surface area contributed by atoms with Crippen LogP contribution in [0.25, 0.3) is 0 Å². The van der Waals surface area contributed by atoms with Gasteiger partial charge in [0.25, 0.3) is 0 Å². The average Bonchev–Trinajstić information content (AvgIpc) is 2.76. The van der Waals surface area contributed by atoms with E-state index >= 15 is 0 Å². The maximum atomic E-state index is 10.8. The Hall–Kier alpha value is -1.05. The lowest BCUT2D eigenvalue weighted by Crippen LogP contribution is -2.60. The largest absolute Gasteiger partial charge is 0.479 e. The molecule has 15 heteroatoms. The normalized spacial score (nSPS) is 24.0. The first-order valence-corrected chi connectivity index (χ1v) is 9.18. The molecule has 0 spiro atoms. The van der Waals surface area contributed by atoms with Gasteiger partial charge in [-0.15, -0.1) is 0 Å². The fourth-order valence-electron chi connectivity index (χ4n) is 2.66. The number of ether oxygens (including phenoxy) is 1. The fourth-order valence-corrected chi connectivity index (χ4v) is 2.66. The van der Waals surface area contributed by atoms with Crippen LogP contribution in [0.15, 0.2) is 0 Å². The smallest absolute Gasteiger partial charge is 0.335 e. The molecule has 186 valence electrons. The molecule has 0 heterocycles. The summed E-state index contributed by atoms with van der Waals surface area (Å²) in [6, 6.07) is 0. The molecule has 0 saturated heterocycles. The van der Waals surface area contributed by atoms with Gasteiger partial charge in [-0.2, -0.15) is 0 Å². The first-order chi connectivity index (χ1) is 14.2. The van der Waals surface area contributed by atoms with Gasteiger partial charge in [0.2, 0.25) is 0 Å². The van der Waals surface area contributed by atoms with Crippen molar-refractivity contribution in [3.05, 3.63) is 0 Å². The van der Waals surface area contributed by atoms with Crippen LogP contribution in [0.2, 0.25) is 0 Å². The molecule has 13 N–H and O–H groups in total. The predicted molar refractivity (Wildman–Crippen MR) is 96.2 cm³/mol. The molecule has 0 aromatic heterocycles. The number of rotatable bonds is 15. The zero-order valence-corrected chi connectivity index (χ0v) is 16.5. The third kappa shape index (κ3) is 7.79. The highest BCUT2D eigenvalue weighted by molar-refractivity contribution is 5.72. The number of aliphatic carboxylic acids is 1. The molecule has 0 saturated carbocycles. The third-order valence-corrected chi connectivity index (χ3v) is 4.64. The summed E-state index contributed by atoms with van der Waals surface area (Å²) in [6.07, 6.45) is -27.8.